The summed E-state index contributed by atoms with van der Waals surface area (Å²) in [5.41, 5.74) is 5.34. The maximum atomic E-state index is 12.2. The van der Waals surface area contributed by atoms with Crippen LogP contribution in [0.4, 0.5) is 4.79 Å². The summed E-state index contributed by atoms with van der Waals surface area (Å²) in [6.45, 7) is 9.80. The van der Waals surface area contributed by atoms with Gasteiger partial charge in [0.2, 0.25) is 0 Å². The number of hydrogen-bond acceptors (Lipinski definition) is 3. The van der Waals surface area contributed by atoms with Crippen LogP contribution >= 0.6 is 0 Å². The number of carbonyl (C=O) groups excluding carboxylic acids is 1. The summed E-state index contributed by atoms with van der Waals surface area (Å²) in [5, 5.41) is 3.05. The van der Waals surface area contributed by atoms with Crippen LogP contribution in [0.15, 0.2) is 4.99 Å². The van der Waals surface area contributed by atoms with Gasteiger partial charge in [0.25, 0.3) is 0 Å². The van der Waals surface area contributed by atoms with Gasteiger partial charge in [0.15, 0.2) is 5.96 Å². The molecule has 0 aliphatic carbocycles. The summed E-state index contributed by atoms with van der Waals surface area (Å²) in [5.74, 6) is 0.451. The Balaban J connectivity index is 2.59. The van der Waals surface area contributed by atoms with Gasteiger partial charge in [0.05, 0.1) is 12.6 Å². The van der Waals surface area contributed by atoms with Crippen molar-refractivity contribution < 1.29 is 9.53 Å². The van der Waals surface area contributed by atoms with Crippen molar-refractivity contribution in [3.63, 3.8) is 0 Å². The Hall–Kier alpha value is -1.46. The topological polar surface area (TPSA) is 80.0 Å². The quantitative estimate of drug-likeness (QED) is 0.615. The molecular weight excluding hydrogens is 268 g/mol. The molecule has 1 amide bonds. The Bertz CT molecular complexity index is 363. The van der Waals surface area contributed by atoms with Crippen LogP contribution in [0.25, 0.3) is 0 Å². The van der Waals surface area contributed by atoms with Gasteiger partial charge in [-0.05, 0) is 46.5 Å². The summed E-state index contributed by atoms with van der Waals surface area (Å²) >= 11 is 0. The van der Waals surface area contributed by atoms with E-state index in [0.717, 1.165) is 38.8 Å². The number of carbonyl (C=O) groups is 1. The number of nitrogens with zero attached hydrogens (tertiary/aromatic N) is 2. The standard InChI is InChI=1S/C15H30N4O2/c1-5-9-17-13(16)18-11-12-8-6-7-10-19(12)14(20)21-15(2,3)4/h12H,5-11H2,1-4H3,(H3,16,17,18). The molecule has 122 valence electrons. The van der Waals surface area contributed by atoms with E-state index < -0.39 is 5.60 Å². The average molecular weight is 298 g/mol. The van der Waals surface area contributed by atoms with E-state index in [4.69, 9.17) is 10.5 Å². The van der Waals surface area contributed by atoms with Gasteiger partial charge in [-0.2, -0.15) is 0 Å². The summed E-state index contributed by atoms with van der Waals surface area (Å²) < 4.78 is 5.47. The highest BCUT2D eigenvalue weighted by molar-refractivity contribution is 5.77. The largest absolute Gasteiger partial charge is 0.444 e. The van der Waals surface area contributed by atoms with Crippen LogP contribution in [0, 0.1) is 0 Å². The zero-order chi connectivity index (χ0) is 15.9. The number of hydrogen-bond donors (Lipinski definition) is 2. The lowest BCUT2D eigenvalue weighted by Crippen LogP contribution is -2.48. The van der Waals surface area contributed by atoms with Gasteiger partial charge in [-0.1, -0.05) is 6.92 Å². The fraction of sp³-hybridized carbons (Fsp3) is 0.867. The van der Waals surface area contributed by atoms with Gasteiger partial charge < -0.3 is 20.7 Å². The van der Waals surface area contributed by atoms with Crippen molar-refractivity contribution in [3.8, 4) is 0 Å². The molecule has 1 aliphatic rings. The molecule has 3 N–H and O–H groups in total. The second-order valence-electron chi connectivity index (χ2n) is 6.48. The number of piperidine rings is 1. The first-order valence-electron chi connectivity index (χ1n) is 7.87. The van der Waals surface area contributed by atoms with Gasteiger partial charge in [0, 0.05) is 13.1 Å². The highest BCUT2D eigenvalue weighted by atomic mass is 16.6. The first-order valence-corrected chi connectivity index (χ1v) is 7.87. The van der Waals surface area contributed by atoms with Gasteiger partial charge in [0.1, 0.15) is 5.60 Å². The predicted molar refractivity (Wildman–Crippen MR) is 85.4 cm³/mol. The molecule has 0 spiro atoms. The minimum atomic E-state index is -0.468. The van der Waals surface area contributed by atoms with Crippen molar-refractivity contribution in [2.45, 2.75) is 65.0 Å². The van der Waals surface area contributed by atoms with Crippen molar-refractivity contribution in [2.75, 3.05) is 19.6 Å². The molecule has 1 heterocycles. The van der Waals surface area contributed by atoms with Gasteiger partial charge >= 0.3 is 6.09 Å². The fourth-order valence-electron chi connectivity index (χ4n) is 2.26. The van der Waals surface area contributed by atoms with Crippen molar-refractivity contribution in [1.29, 1.82) is 0 Å². The summed E-state index contributed by atoms with van der Waals surface area (Å²) in [6.07, 6.45) is 3.83. The van der Waals surface area contributed by atoms with E-state index in [1.165, 1.54) is 0 Å². The summed E-state index contributed by atoms with van der Waals surface area (Å²) in [4.78, 5) is 18.4. The van der Waals surface area contributed by atoms with E-state index in [1.807, 2.05) is 20.8 Å². The normalized spacial score (nSPS) is 20.3. The lowest BCUT2D eigenvalue weighted by Gasteiger charge is -2.36. The maximum absolute atomic E-state index is 12.2. The Morgan fingerprint density at radius 3 is 2.76 bits per heavy atom. The highest BCUT2D eigenvalue weighted by Gasteiger charge is 2.30. The van der Waals surface area contributed by atoms with Crippen LogP contribution in [0.1, 0.15) is 53.4 Å². The maximum Gasteiger partial charge on any atom is 0.410 e. The summed E-state index contributed by atoms with van der Waals surface area (Å²) in [6, 6.07) is 0.0792. The molecule has 1 saturated heterocycles. The van der Waals surface area contributed by atoms with Crippen molar-refractivity contribution in [3.05, 3.63) is 0 Å². The number of aliphatic imine (C=N–C) groups is 1. The number of likely N-dealkylation sites (tertiary alicyclic amines) is 1. The number of nitrogens with two attached hydrogens (primary N) is 1. The summed E-state index contributed by atoms with van der Waals surface area (Å²) in [7, 11) is 0. The monoisotopic (exact) mass is 298 g/mol. The second kappa shape index (κ2) is 8.10. The molecule has 0 aromatic rings. The molecule has 0 saturated carbocycles. The van der Waals surface area contributed by atoms with Gasteiger partial charge in [-0.15, -0.1) is 0 Å². The first-order chi connectivity index (χ1) is 9.83. The fourth-order valence-corrected chi connectivity index (χ4v) is 2.26. The van der Waals surface area contributed by atoms with Gasteiger partial charge in [-0.25, -0.2) is 4.79 Å². The van der Waals surface area contributed by atoms with Crippen LogP contribution < -0.4 is 11.1 Å². The first kappa shape index (κ1) is 17.6. The lowest BCUT2D eigenvalue weighted by molar-refractivity contribution is 0.0110. The molecular formula is C15H30N4O2. The zero-order valence-corrected chi connectivity index (χ0v) is 13.8. The number of ether oxygens (including phenoxy) is 1. The molecule has 0 radical (unpaired) electrons. The number of rotatable bonds is 4. The number of nitrogens with one attached hydrogen (secondary N) is 1. The van der Waals surface area contributed by atoms with E-state index in [2.05, 4.69) is 17.2 Å². The third-order valence-corrected chi connectivity index (χ3v) is 3.28. The second-order valence-corrected chi connectivity index (χ2v) is 6.48. The van der Waals surface area contributed by atoms with E-state index in [9.17, 15) is 4.79 Å². The van der Waals surface area contributed by atoms with E-state index in [1.54, 1.807) is 4.90 Å². The number of amides is 1. The van der Waals surface area contributed by atoms with Crippen molar-refractivity contribution in [1.82, 2.24) is 10.2 Å². The Kier molecular flexibility index (Phi) is 6.78. The molecule has 21 heavy (non-hydrogen) atoms. The minimum Gasteiger partial charge on any atom is -0.444 e. The highest BCUT2D eigenvalue weighted by Crippen LogP contribution is 2.20. The Labute approximate surface area is 128 Å². The molecule has 1 rings (SSSR count). The molecule has 1 aliphatic heterocycles. The molecule has 0 bridgehead atoms. The molecule has 6 heteroatoms. The Morgan fingerprint density at radius 1 is 1.43 bits per heavy atom. The van der Waals surface area contributed by atoms with Crippen LogP contribution in [0.5, 0.6) is 0 Å². The lowest BCUT2D eigenvalue weighted by atomic mass is 10.0. The van der Waals surface area contributed by atoms with Gasteiger partial charge in [-0.3, -0.25) is 4.99 Å². The van der Waals surface area contributed by atoms with Crippen molar-refractivity contribution >= 4 is 12.1 Å². The van der Waals surface area contributed by atoms with Crippen LogP contribution in [0.3, 0.4) is 0 Å². The third-order valence-electron chi connectivity index (χ3n) is 3.28. The van der Waals surface area contributed by atoms with E-state index in [0.29, 0.717) is 12.5 Å². The van der Waals surface area contributed by atoms with Crippen LogP contribution in [0.2, 0.25) is 0 Å². The molecule has 1 atom stereocenters. The molecule has 6 nitrogen and oxygen atoms in total. The third kappa shape index (κ3) is 6.69. The minimum absolute atomic E-state index is 0.0792. The molecule has 1 unspecified atom stereocenters. The van der Waals surface area contributed by atoms with Crippen LogP contribution in [-0.2, 0) is 4.74 Å². The van der Waals surface area contributed by atoms with Crippen molar-refractivity contribution in [2.24, 2.45) is 10.7 Å². The predicted octanol–water partition coefficient (Wildman–Crippen LogP) is 2.09. The zero-order valence-electron chi connectivity index (χ0n) is 13.8. The Morgan fingerprint density at radius 2 is 2.14 bits per heavy atom. The number of guanidine groups is 1. The molecule has 1 fully saturated rings. The molecule has 0 aromatic heterocycles. The van der Waals surface area contributed by atoms with E-state index >= 15 is 0 Å². The SMILES string of the molecule is CCCNC(N)=NCC1CCCCN1C(=O)OC(C)(C)C. The van der Waals surface area contributed by atoms with E-state index in [-0.39, 0.29) is 12.1 Å². The average Bonchev–Trinajstić information content (AvgIpc) is 2.41. The van der Waals surface area contributed by atoms with Crippen LogP contribution in [-0.4, -0.2) is 48.2 Å². The molecule has 0 aromatic carbocycles. The smallest absolute Gasteiger partial charge is 0.410 e.